The topological polar surface area (TPSA) is 138 Å². The summed E-state index contributed by atoms with van der Waals surface area (Å²) in [5.41, 5.74) is 8.73. The third kappa shape index (κ3) is 10.1. The Bertz CT molecular complexity index is 1220. The van der Waals surface area contributed by atoms with Gasteiger partial charge in [0.1, 0.15) is 6.17 Å². The summed E-state index contributed by atoms with van der Waals surface area (Å²) < 4.78 is 72.2. The van der Waals surface area contributed by atoms with Crippen molar-refractivity contribution in [1.29, 1.82) is 0 Å². The summed E-state index contributed by atoms with van der Waals surface area (Å²) in [7, 11) is -8.04. The molecular formula is C25H31FN2O6S2. The number of nitrogens with two attached hydrogens (primary N) is 1. The first-order valence-corrected chi connectivity index (χ1v) is 13.9. The fourth-order valence-electron chi connectivity index (χ4n) is 3.26. The predicted molar refractivity (Wildman–Crippen MR) is 137 cm³/mol. The van der Waals surface area contributed by atoms with Gasteiger partial charge in [-0.2, -0.15) is 16.8 Å². The van der Waals surface area contributed by atoms with Crippen LogP contribution in [0.3, 0.4) is 0 Å². The molecular weight excluding hydrogens is 507 g/mol. The molecule has 3 aromatic carbocycles. The van der Waals surface area contributed by atoms with Crippen LogP contribution >= 0.6 is 0 Å². The number of hydrogen-bond acceptors (Lipinski definition) is 6. The highest BCUT2D eigenvalue weighted by Crippen LogP contribution is 2.15. The summed E-state index contributed by atoms with van der Waals surface area (Å²) in [6.45, 7) is 5.61. The highest BCUT2D eigenvalue weighted by Gasteiger charge is 2.29. The molecule has 196 valence electrons. The van der Waals surface area contributed by atoms with Crippen molar-refractivity contribution in [3.05, 3.63) is 95.6 Å². The summed E-state index contributed by atoms with van der Waals surface area (Å²) in [5.74, 6) is 0. The monoisotopic (exact) mass is 538 g/mol. The SMILES string of the molecule is Cc1ccc(S(=O)(=O)O)cc1.Cc1ccc(S(=O)(=O)O)cc1.N[C@H]1CN(Cc2ccccc2)C[C@@H]1F. The van der Waals surface area contributed by atoms with Gasteiger partial charge in [0.15, 0.2) is 0 Å². The van der Waals surface area contributed by atoms with Crippen molar-refractivity contribution in [2.24, 2.45) is 5.73 Å². The Kier molecular flexibility index (Phi) is 10.7. The molecule has 0 aliphatic carbocycles. The van der Waals surface area contributed by atoms with E-state index in [2.05, 4.69) is 17.0 Å². The molecule has 36 heavy (non-hydrogen) atoms. The maximum absolute atomic E-state index is 13.1. The standard InChI is InChI=1S/C11H15FN2.2C7H8O3S/c12-10-7-14(8-11(10)13)6-9-4-2-1-3-5-9;2*1-6-2-4-7(5-3-6)11(8,9)10/h1-5,10-11H,6-8,13H2;2*2-5H,1H3,(H,8,9,10)/t10-,11-;;/m0../s1. The molecule has 8 nitrogen and oxygen atoms in total. The van der Waals surface area contributed by atoms with Crippen molar-refractivity contribution >= 4 is 20.2 Å². The molecule has 4 N–H and O–H groups in total. The highest BCUT2D eigenvalue weighted by molar-refractivity contribution is 7.86. The fourth-order valence-corrected chi connectivity index (χ4v) is 4.22. The van der Waals surface area contributed by atoms with Crippen LogP contribution in [0.1, 0.15) is 16.7 Å². The van der Waals surface area contributed by atoms with E-state index >= 15 is 0 Å². The van der Waals surface area contributed by atoms with Crippen LogP contribution in [0.5, 0.6) is 0 Å². The van der Waals surface area contributed by atoms with Gasteiger partial charge in [-0.3, -0.25) is 14.0 Å². The van der Waals surface area contributed by atoms with Gasteiger partial charge in [0.2, 0.25) is 0 Å². The van der Waals surface area contributed by atoms with Crippen molar-refractivity contribution < 1.29 is 30.3 Å². The number of likely N-dealkylation sites (tertiary alicyclic amines) is 1. The van der Waals surface area contributed by atoms with Crippen LogP contribution < -0.4 is 5.73 Å². The van der Waals surface area contributed by atoms with E-state index in [1.165, 1.54) is 29.8 Å². The molecule has 0 spiro atoms. The number of halogens is 1. The third-order valence-corrected chi connectivity index (χ3v) is 6.99. The summed E-state index contributed by atoms with van der Waals surface area (Å²) in [6, 6.07) is 21.8. The van der Waals surface area contributed by atoms with Gasteiger partial charge in [0.05, 0.1) is 9.79 Å². The Labute approximate surface area is 212 Å². The lowest BCUT2D eigenvalue weighted by molar-refractivity contribution is 0.280. The first-order chi connectivity index (χ1) is 16.8. The summed E-state index contributed by atoms with van der Waals surface area (Å²) in [6.07, 6.45) is -0.862. The number of benzene rings is 3. The van der Waals surface area contributed by atoms with Gasteiger partial charge in [-0.1, -0.05) is 65.7 Å². The van der Waals surface area contributed by atoms with Gasteiger partial charge in [0.25, 0.3) is 20.2 Å². The molecule has 1 saturated heterocycles. The minimum Gasteiger partial charge on any atom is -0.324 e. The second kappa shape index (κ2) is 13.0. The van der Waals surface area contributed by atoms with Gasteiger partial charge in [-0.25, -0.2) is 4.39 Å². The molecule has 0 unspecified atom stereocenters. The van der Waals surface area contributed by atoms with Crippen molar-refractivity contribution in [1.82, 2.24) is 4.90 Å². The number of rotatable bonds is 4. The van der Waals surface area contributed by atoms with E-state index in [1.54, 1.807) is 24.3 Å². The lowest BCUT2D eigenvalue weighted by Crippen LogP contribution is -2.30. The summed E-state index contributed by atoms with van der Waals surface area (Å²) in [5, 5.41) is 0. The van der Waals surface area contributed by atoms with Gasteiger partial charge in [-0.05, 0) is 43.7 Å². The molecule has 3 aromatic rings. The number of alkyl halides is 1. The first kappa shape index (κ1) is 29.6. The molecule has 1 fully saturated rings. The van der Waals surface area contributed by atoms with Crippen LogP contribution in [0.4, 0.5) is 4.39 Å². The maximum Gasteiger partial charge on any atom is 0.294 e. The van der Waals surface area contributed by atoms with E-state index in [0.717, 1.165) is 17.7 Å². The molecule has 4 rings (SSSR count). The predicted octanol–water partition coefficient (Wildman–Crippen LogP) is 3.65. The first-order valence-electron chi connectivity index (χ1n) is 11.0. The zero-order chi connectivity index (χ0) is 26.9. The van der Waals surface area contributed by atoms with E-state index in [4.69, 9.17) is 14.8 Å². The zero-order valence-corrected chi connectivity index (χ0v) is 21.7. The molecule has 1 aliphatic heterocycles. The molecule has 11 heteroatoms. The normalized spacial score (nSPS) is 17.9. The van der Waals surface area contributed by atoms with E-state index < -0.39 is 26.4 Å². The van der Waals surface area contributed by atoms with Gasteiger partial charge in [-0.15, -0.1) is 0 Å². The number of hydrogen-bond donors (Lipinski definition) is 3. The van der Waals surface area contributed by atoms with E-state index in [9.17, 15) is 21.2 Å². The van der Waals surface area contributed by atoms with Crippen LogP contribution in [-0.4, -0.2) is 56.1 Å². The van der Waals surface area contributed by atoms with Crippen LogP contribution in [0.2, 0.25) is 0 Å². The molecule has 2 atom stereocenters. The maximum atomic E-state index is 13.1. The summed E-state index contributed by atoms with van der Waals surface area (Å²) in [4.78, 5) is 1.93. The van der Waals surface area contributed by atoms with Crippen molar-refractivity contribution in [2.45, 2.75) is 42.4 Å². The Morgan fingerprint density at radius 1 is 0.778 bits per heavy atom. The molecule has 0 aromatic heterocycles. The molecule has 0 radical (unpaired) electrons. The molecule has 0 bridgehead atoms. The Morgan fingerprint density at radius 2 is 1.19 bits per heavy atom. The molecule has 1 heterocycles. The van der Waals surface area contributed by atoms with Crippen molar-refractivity contribution in [3.8, 4) is 0 Å². The van der Waals surface area contributed by atoms with E-state index in [1.807, 2.05) is 32.0 Å². The van der Waals surface area contributed by atoms with Gasteiger partial charge in [0, 0.05) is 25.7 Å². The number of aryl methyl sites for hydroxylation is 2. The minimum atomic E-state index is -4.02. The fraction of sp³-hybridized carbons (Fsp3) is 0.280. The third-order valence-electron chi connectivity index (χ3n) is 5.25. The largest absolute Gasteiger partial charge is 0.324 e. The lowest BCUT2D eigenvalue weighted by Gasteiger charge is -2.14. The van der Waals surface area contributed by atoms with E-state index in [-0.39, 0.29) is 15.8 Å². The quantitative estimate of drug-likeness (QED) is 0.428. The van der Waals surface area contributed by atoms with Crippen molar-refractivity contribution in [3.63, 3.8) is 0 Å². The Balaban J connectivity index is 0.000000193. The minimum absolute atomic E-state index is 0.0666. The zero-order valence-electron chi connectivity index (χ0n) is 20.0. The second-order valence-corrected chi connectivity index (χ2v) is 11.3. The smallest absolute Gasteiger partial charge is 0.294 e. The second-order valence-electron chi connectivity index (χ2n) is 8.44. The molecule has 0 amide bonds. The molecule has 0 saturated carbocycles. The lowest BCUT2D eigenvalue weighted by atomic mass is 10.2. The van der Waals surface area contributed by atoms with Crippen LogP contribution in [0, 0.1) is 13.8 Å². The average Bonchev–Trinajstić information content (AvgIpc) is 3.11. The Hall–Kier alpha value is -2.67. The average molecular weight is 539 g/mol. The number of nitrogens with zero attached hydrogens (tertiary/aromatic N) is 1. The van der Waals surface area contributed by atoms with Crippen LogP contribution in [0.25, 0.3) is 0 Å². The van der Waals surface area contributed by atoms with Crippen molar-refractivity contribution in [2.75, 3.05) is 13.1 Å². The van der Waals surface area contributed by atoms with Gasteiger partial charge < -0.3 is 5.73 Å². The van der Waals surface area contributed by atoms with E-state index in [0.29, 0.717) is 13.1 Å². The van der Waals surface area contributed by atoms with Crippen LogP contribution in [0.15, 0.2) is 88.7 Å². The van der Waals surface area contributed by atoms with Gasteiger partial charge >= 0.3 is 0 Å². The summed E-state index contributed by atoms with van der Waals surface area (Å²) >= 11 is 0. The molecule has 1 aliphatic rings. The Morgan fingerprint density at radius 3 is 1.53 bits per heavy atom. The van der Waals surface area contributed by atoms with Crippen LogP contribution in [-0.2, 0) is 26.8 Å². The highest BCUT2D eigenvalue weighted by atomic mass is 32.2.